The molecule has 0 aliphatic heterocycles. The number of rotatable bonds is 3. The molecule has 0 heterocycles. The molecule has 1 saturated carbocycles. The van der Waals surface area contributed by atoms with Gasteiger partial charge in [0.05, 0.1) is 5.38 Å². The van der Waals surface area contributed by atoms with Crippen LogP contribution in [0.3, 0.4) is 0 Å². The van der Waals surface area contributed by atoms with Crippen molar-refractivity contribution in [1.82, 2.24) is 0 Å². The molecule has 0 radical (unpaired) electrons. The van der Waals surface area contributed by atoms with Crippen molar-refractivity contribution in [2.45, 2.75) is 31.6 Å². The Hall–Kier alpha value is -0.980. The minimum Gasteiger partial charge on any atom is -0.117 e. The van der Waals surface area contributed by atoms with Crippen molar-refractivity contribution in [2.75, 3.05) is 0 Å². The Morgan fingerprint density at radius 2 is 1.70 bits per heavy atom. The van der Waals surface area contributed by atoms with Gasteiger partial charge in [0.1, 0.15) is 0 Å². The van der Waals surface area contributed by atoms with Gasteiger partial charge in [-0.15, -0.1) is 11.6 Å². The van der Waals surface area contributed by atoms with E-state index in [1.165, 1.54) is 16.7 Å². The second-order valence-electron chi connectivity index (χ2n) is 5.78. The summed E-state index contributed by atoms with van der Waals surface area (Å²) >= 11 is 13.1. The van der Waals surface area contributed by atoms with E-state index in [4.69, 9.17) is 23.2 Å². The molecule has 1 aliphatic rings. The van der Waals surface area contributed by atoms with Gasteiger partial charge in [0, 0.05) is 5.02 Å². The van der Waals surface area contributed by atoms with Crippen LogP contribution in [0.25, 0.3) is 0 Å². The minimum atomic E-state index is 0.00649. The van der Waals surface area contributed by atoms with E-state index in [0.29, 0.717) is 11.8 Å². The van der Waals surface area contributed by atoms with Gasteiger partial charge in [-0.05, 0) is 60.4 Å². The summed E-state index contributed by atoms with van der Waals surface area (Å²) in [7, 11) is 0. The minimum absolute atomic E-state index is 0.00649. The Labute approximate surface area is 130 Å². The fourth-order valence-corrected chi connectivity index (χ4v) is 3.72. The van der Waals surface area contributed by atoms with Crippen molar-refractivity contribution in [3.05, 3.63) is 69.7 Å². The number of benzene rings is 2. The molecular formula is C18H18Cl2. The van der Waals surface area contributed by atoms with Gasteiger partial charge in [-0.3, -0.25) is 0 Å². The lowest BCUT2D eigenvalue weighted by atomic mass is 10.00. The molecule has 1 aliphatic carbocycles. The summed E-state index contributed by atoms with van der Waals surface area (Å²) in [6, 6.07) is 14.8. The highest BCUT2D eigenvalue weighted by molar-refractivity contribution is 6.33. The van der Waals surface area contributed by atoms with Gasteiger partial charge in [-0.2, -0.15) is 0 Å². The van der Waals surface area contributed by atoms with E-state index >= 15 is 0 Å². The van der Waals surface area contributed by atoms with Crippen molar-refractivity contribution in [1.29, 1.82) is 0 Å². The SMILES string of the molecule is Cc1cc(Cl)c(C(Cl)C2CC2c2ccccc2)cc1C. The second kappa shape index (κ2) is 5.42. The predicted molar refractivity (Wildman–Crippen MR) is 86.8 cm³/mol. The summed E-state index contributed by atoms with van der Waals surface area (Å²) in [4.78, 5) is 0. The van der Waals surface area contributed by atoms with Crippen LogP contribution < -0.4 is 0 Å². The van der Waals surface area contributed by atoms with Crippen LogP contribution in [0.5, 0.6) is 0 Å². The van der Waals surface area contributed by atoms with Gasteiger partial charge in [0.15, 0.2) is 0 Å². The maximum absolute atomic E-state index is 6.69. The molecule has 0 nitrogen and oxygen atoms in total. The number of halogens is 2. The highest BCUT2D eigenvalue weighted by atomic mass is 35.5. The Balaban J connectivity index is 1.82. The summed E-state index contributed by atoms with van der Waals surface area (Å²) in [5.74, 6) is 1.08. The lowest BCUT2D eigenvalue weighted by Crippen LogP contribution is -1.98. The van der Waals surface area contributed by atoms with Crippen molar-refractivity contribution >= 4 is 23.2 Å². The number of aryl methyl sites for hydroxylation is 2. The lowest BCUT2D eigenvalue weighted by Gasteiger charge is -2.14. The summed E-state index contributed by atoms with van der Waals surface area (Å²) in [5.41, 5.74) is 4.95. The van der Waals surface area contributed by atoms with Crippen LogP contribution in [0.1, 0.15) is 40.0 Å². The molecule has 3 rings (SSSR count). The molecule has 0 spiro atoms. The fraction of sp³-hybridized carbons (Fsp3) is 0.333. The third-order valence-corrected chi connectivity index (χ3v) is 5.24. The maximum atomic E-state index is 6.69. The van der Waals surface area contributed by atoms with Crippen LogP contribution in [-0.4, -0.2) is 0 Å². The zero-order chi connectivity index (χ0) is 14.3. The first kappa shape index (κ1) is 14.0. The first-order valence-corrected chi connectivity index (χ1v) is 7.85. The first-order valence-electron chi connectivity index (χ1n) is 7.03. The van der Waals surface area contributed by atoms with E-state index in [-0.39, 0.29) is 5.38 Å². The molecule has 0 bridgehead atoms. The number of hydrogen-bond donors (Lipinski definition) is 0. The van der Waals surface area contributed by atoms with Gasteiger partial charge in [-0.1, -0.05) is 48.0 Å². The lowest BCUT2D eigenvalue weighted by molar-refractivity contribution is 0.763. The van der Waals surface area contributed by atoms with Crippen molar-refractivity contribution in [2.24, 2.45) is 5.92 Å². The van der Waals surface area contributed by atoms with E-state index in [1.54, 1.807) is 0 Å². The van der Waals surface area contributed by atoms with E-state index in [0.717, 1.165) is 17.0 Å². The molecule has 0 saturated heterocycles. The largest absolute Gasteiger partial charge is 0.117 e. The van der Waals surface area contributed by atoms with Gasteiger partial charge in [-0.25, -0.2) is 0 Å². The normalized spacial score (nSPS) is 22.6. The molecule has 3 unspecified atom stereocenters. The van der Waals surface area contributed by atoms with E-state index in [2.05, 4.69) is 50.2 Å². The first-order chi connectivity index (χ1) is 9.58. The Morgan fingerprint density at radius 3 is 2.40 bits per heavy atom. The van der Waals surface area contributed by atoms with E-state index in [9.17, 15) is 0 Å². The van der Waals surface area contributed by atoms with Crippen LogP contribution >= 0.6 is 23.2 Å². The van der Waals surface area contributed by atoms with Crippen LogP contribution in [0, 0.1) is 19.8 Å². The van der Waals surface area contributed by atoms with Crippen LogP contribution in [0.15, 0.2) is 42.5 Å². The maximum Gasteiger partial charge on any atom is 0.0634 e. The highest BCUT2D eigenvalue weighted by Crippen LogP contribution is 2.57. The quantitative estimate of drug-likeness (QED) is 0.606. The summed E-state index contributed by atoms with van der Waals surface area (Å²) in [6.07, 6.45) is 1.15. The van der Waals surface area contributed by atoms with E-state index < -0.39 is 0 Å². The average molecular weight is 305 g/mol. The number of hydrogen-bond acceptors (Lipinski definition) is 0. The molecule has 2 heteroatoms. The fourth-order valence-electron chi connectivity index (χ4n) is 2.87. The third-order valence-electron chi connectivity index (χ3n) is 4.35. The van der Waals surface area contributed by atoms with Crippen molar-refractivity contribution in [3.8, 4) is 0 Å². The monoisotopic (exact) mass is 304 g/mol. The van der Waals surface area contributed by atoms with Gasteiger partial charge in [0.2, 0.25) is 0 Å². The topological polar surface area (TPSA) is 0 Å². The zero-order valence-corrected chi connectivity index (χ0v) is 13.2. The standard InChI is InChI=1S/C18H18Cl2/c1-11-8-16(17(19)9-12(11)2)18(20)15-10-14(15)13-6-4-3-5-7-13/h3-9,14-15,18H,10H2,1-2H3. The Bertz CT molecular complexity index is 619. The van der Waals surface area contributed by atoms with E-state index in [1.807, 2.05) is 6.07 Å². The van der Waals surface area contributed by atoms with Crippen LogP contribution in [0.2, 0.25) is 5.02 Å². The van der Waals surface area contributed by atoms with Crippen LogP contribution in [-0.2, 0) is 0 Å². The summed E-state index contributed by atoms with van der Waals surface area (Å²) in [5, 5.41) is 0.804. The third kappa shape index (κ3) is 2.60. The van der Waals surface area contributed by atoms with Crippen molar-refractivity contribution < 1.29 is 0 Å². The molecule has 0 N–H and O–H groups in total. The Kier molecular flexibility index (Phi) is 3.79. The van der Waals surface area contributed by atoms with Gasteiger partial charge >= 0.3 is 0 Å². The molecule has 0 amide bonds. The highest BCUT2D eigenvalue weighted by Gasteiger charge is 2.44. The summed E-state index contributed by atoms with van der Waals surface area (Å²) < 4.78 is 0. The van der Waals surface area contributed by atoms with Gasteiger partial charge in [0.25, 0.3) is 0 Å². The Morgan fingerprint density at radius 1 is 1.05 bits per heavy atom. The molecule has 1 fully saturated rings. The molecule has 104 valence electrons. The smallest absolute Gasteiger partial charge is 0.0634 e. The molecule has 3 atom stereocenters. The molecular weight excluding hydrogens is 287 g/mol. The molecule has 20 heavy (non-hydrogen) atoms. The molecule has 0 aromatic heterocycles. The molecule has 2 aromatic carbocycles. The average Bonchev–Trinajstić information content (AvgIpc) is 3.23. The zero-order valence-electron chi connectivity index (χ0n) is 11.7. The van der Waals surface area contributed by atoms with Gasteiger partial charge < -0.3 is 0 Å². The second-order valence-corrected chi connectivity index (χ2v) is 6.65. The predicted octanol–water partition coefficient (Wildman–Crippen LogP) is 6.04. The van der Waals surface area contributed by atoms with Crippen molar-refractivity contribution in [3.63, 3.8) is 0 Å². The van der Waals surface area contributed by atoms with Crippen LogP contribution in [0.4, 0.5) is 0 Å². The molecule has 2 aromatic rings. The number of alkyl halides is 1. The summed E-state index contributed by atoms with van der Waals surface area (Å²) in [6.45, 7) is 4.19.